The van der Waals surface area contributed by atoms with Crippen molar-refractivity contribution in [3.63, 3.8) is 0 Å². The number of anilines is 9. The van der Waals surface area contributed by atoms with E-state index in [1.54, 1.807) is 0 Å². The quantitative estimate of drug-likeness (QED) is 0.156. The number of furan rings is 1. The Bertz CT molecular complexity index is 3440. The first-order chi connectivity index (χ1) is 31.3. The molecule has 2 aliphatic heterocycles. The average Bonchev–Trinajstić information content (AvgIpc) is 3.74. The second-order valence-electron chi connectivity index (χ2n) is 16.4. The minimum Gasteiger partial charge on any atom is -0.454 e. The van der Waals surface area contributed by atoms with Crippen molar-refractivity contribution in [2.45, 2.75) is 0 Å². The van der Waals surface area contributed by atoms with Gasteiger partial charge in [0.2, 0.25) is 0 Å². The zero-order valence-corrected chi connectivity index (χ0v) is 34.3. The molecular weight excluding hydrogens is 765 g/mol. The lowest BCUT2D eigenvalue weighted by Gasteiger charge is -2.45. The van der Waals surface area contributed by atoms with E-state index in [0.717, 1.165) is 83.6 Å². The van der Waals surface area contributed by atoms with Crippen molar-refractivity contribution in [3.8, 4) is 11.1 Å². The summed E-state index contributed by atoms with van der Waals surface area (Å²) in [5.74, 6) is 0. The molecule has 0 atom stereocenters. The highest BCUT2D eigenvalue weighted by Gasteiger charge is 2.44. The summed E-state index contributed by atoms with van der Waals surface area (Å²) in [6.45, 7) is 0.000986. The van der Waals surface area contributed by atoms with E-state index in [2.05, 4.69) is 245 Å². The lowest BCUT2D eigenvalue weighted by atomic mass is 9.33. The smallest absolute Gasteiger partial charge is 0.252 e. The molecule has 0 N–H and O–H groups in total. The molecule has 0 amide bonds. The van der Waals surface area contributed by atoms with Crippen LogP contribution in [0.2, 0.25) is 0 Å². The molecule has 3 heterocycles. The van der Waals surface area contributed by atoms with Crippen LogP contribution in [0, 0.1) is 0 Å². The van der Waals surface area contributed by atoms with Gasteiger partial charge in [-0.2, -0.15) is 0 Å². The van der Waals surface area contributed by atoms with Gasteiger partial charge in [-0.05, 0) is 88.0 Å². The van der Waals surface area contributed by atoms with Crippen LogP contribution in [0.5, 0.6) is 0 Å². The molecule has 5 heteroatoms. The van der Waals surface area contributed by atoms with Gasteiger partial charge in [0, 0.05) is 55.8 Å². The van der Waals surface area contributed by atoms with Gasteiger partial charge >= 0.3 is 0 Å². The van der Waals surface area contributed by atoms with Gasteiger partial charge in [-0.15, -0.1) is 0 Å². The summed E-state index contributed by atoms with van der Waals surface area (Å²) < 4.78 is 6.97. The van der Waals surface area contributed by atoms with E-state index in [1.165, 1.54) is 27.8 Å². The zero-order valence-electron chi connectivity index (χ0n) is 34.3. The fourth-order valence-corrected chi connectivity index (χ4v) is 10.4. The molecule has 0 unspecified atom stereocenters. The number of hydrogen-bond acceptors (Lipinski definition) is 4. The molecule has 0 fully saturated rings. The van der Waals surface area contributed by atoms with E-state index in [-0.39, 0.29) is 6.71 Å². The van der Waals surface area contributed by atoms with Gasteiger partial charge in [-0.25, -0.2) is 0 Å². The number of nitrogens with zero attached hydrogens (tertiary/aromatic N) is 3. The van der Waals surface area contributed by atoms with E-state index >= 15 is 0 Å². The minimum atomic E-state index is 0.000986. The Hall–Kier alpha value is -8.28. The summed E-state index contributed by atoms with van der Waals surface area (Å²) >= 11 is 0. The Balaban J connectivity index is 1.21. The molecule has 0 radical (unpaired) electrons. The maximum absolute atomic E-state index is 6.97. The summed E-state index contributed by atoms with van der Waals surface area (Å²) in [4.78, 5) is 7.44. The lowest BCUT2D eigenvalue weighted by Crippen LogP contribution is -2.61. The van der Waals surface area contributed by atoms with Crippen LogP contribution in [-0.4, -0.2) is 6.71 Å². The van der Waals surface area contributed by atoms with Crippen LogP contribution in [0.3, 0.4) is 0 Å². The maximum Gasteiger partial charge on any atom is 0.252 e. The molecule has 0 saturated heterocycles. The van der Waals surface area contributed by atoms with E-state index in [0.29, 0.717) is 0 Å². The highest BCUT2D eigenvalue weighted by atomic mass is 16.3. The summed E-state index contributed by atoms with van der Waals surface area (Å²) in [5.41, 5.74) is 17.7. The molecule has 13 rings (SSSR count). The van der Waals surface area contributed by atoms with Crippen LogP contribution in [0.4, 0.5) is 51.2 Å². The van der Waals surface area contributed by atoms with Gasteiger partial charge in [-0.1, -0.05) is 170 Å². The topological polar surface area (TPSA) is 22.9 Å². The number of benzene rings is 10. The second kappa shape index (κ2) is 14.2. The number of fused-ring (bicyclic) bond motifs is 8. The highest BCUT2D eigenvalue weighted by Crippen LogP contribution is 2.52. The van der Waals surface area contributed by atoms with Crippen LogP contribution < -0.4 is 31.1 Å². The third-order valence-electron chi connectivity index (χ3n) is 13.0. The molecule has 294 valence electrons. The molecule has 4 nitrogen and oxygen atoms in total. The van der Waals surface area contributed by atoms with Crippen LogP contribution >= 0.6 is 0 Å². The predicted octanol–water partition coefficient (Wildman–Crippen LogP) is 14.0. The third-order valence-corrected chi connectivity index (χ3v) is 13.0. The number of rotatable bonds is 6. The van der Waals surface area contributed by atoms with E-state index in [4.69, 9.17) is 4.42 Å². The molecule has 0 spiro atoms. The first kappa shape index (κ1) is 35.5. The molecule has 0 aliphatic carbocycles. The molecule has 0 bridgehead atoms. The first-order valence-electron chi connectivity index (χ1n) is 21.6. The normalized spacial score (nSPS) is 12.7. The molecule has 10 aromatic carbocycles. The van der Waals surface area contributed by atoms with Crippen LogP contribution in [0.1, 0.15) is 0 Å². The first-order valence-corrected chi connectivity index (χ1v) is 21.6. The fraction of sp³-hybridized carbons (Fsp3) is 0. The molecular formula is C58H38BN3O. The van der Waals surface area contributed by atoms with Crippen LogP contribution in [0.25, 0.3) is 43.8 Å². The van der Waals surface area contributed by atoms with Crippen molar-refractivity contribution in [2.24, 2.45) is 0 Å². The molecule has 11 aromatic rings. The number of para-hydroxylation sites is 6. The Morgan fingerprint density at radius 2 is 0.952 bits per heavy atom. The van der Waals surface area contributed by atoms with Gasteiger partial charge < -0.3 is 19.1 Å². The lowest BCUT2D eigenvalue weighted by molar-refractivity contribution is 0.669. The second-order valence-corrected chi connectivity index (χ2v) is 16.4. The largest absolute Gasteiger partial charge is 0.454 e. The maximum atomic E-state index is 6.97. The molecule has 63 heavy (non-hydrogen) atoms. The van der Waals surface area contributed by atoms with Gasteiger partial charge in [0.05, 0.1) is 17.1 Å². The Morgan fingerprint density at radius 3 is 1.62 bits per heavy atom. The van der Waals surface area contributed by atoms with E-state index in [1.807, 2.05) is 0 Å². The van der Waals surface area contributed by atoms with Crippen molar-refractivity contribution in [1.29, 1.82) is 0 Å². The molecule has 1 aromatic heterocycles. The zero-order chi connectivity index (χ0) is 41.4. The van der Waals surface area contributed by atoms with E-state index in [9.17, 15) is 0 Å². The monoisotopic (exact) mass is 803 g/mol. The van der Waals surface area contributed by atoms with Gasteiger partial charge in [0.1, 0.15) is 5.58 Å². The van der Waals surface area contributed by atoms with Gasteiger partial charge in [0.15, 0.2) is 5.58 Å². The summed E-state index contributed by atoms with van der Waals surface area (Å²) in [5, 5.41) is 4.48. The van der Waals surface area contributed by atoms with Gasteiger partial charge in [0.25, 0.3) is 6.71 Å². The molecule has 0 saturated carbocycles. The van der Waals surface area contributed by atoms with Crippen molar-refractivity contribution in [1.82, 2.24) is 0 Å². The third kappa shape index (κ3) is 5.43. The summed E-state index contributed by atoms with van der Waals surface area (Å²) in [6, 6.07) is 83.6. The minimum absolute atomic E-state index is 0.000986. The molecule has 2 aliphatic rings. The van der Waals surface area contributed by atoms with Crippen molar-refractivity contribution >= 4 is 107 Å². The van der Waals surface area contributed by atoms with Crippen molar-refractivity contribution < 1.29 is 4.42 Å². The summed E-state index contributed by atoms with van der Waals surface area (Å²) in [7, 11) is 0. The van der Waals surface area contributed by atoms with Crippen molar-refractivity contribution in [2.75, 3.05) is 14.7 Å². The van der Waals surface area contributed by atoms with Gasteiger partial charge in [-0.3, -0.25) is 0 Å². The van der Waals surface area contributed by atoms with Crippen LogP contribution in [-0.2, 0) is 0 Å². The SMILES string of the molecule is c1ccc(-c2ccc3ccccc3c2N(c2cc3c4c(c2)N(c2ccccc2)c2ccccc2B4c2ccccc2N3c2ccccc2)c2cccc3c2oc2ccccc23)cc1. The van der Waals surface area contributed by atoms with Crippen molar-refractivity contribution in [3.05, 3.63) is 231 Å². The predicted molar refractivity (Wildman–Crippen MR) is 265 cm³/mol. The Kier molecular flexibility index (Phi) is 7.97. The summed E-state index contributed by atoms with van der Waals surface area (Å²) in [6.07, 6.45) is 0. The highest BCUT2D eigenvalue weighted by molar-refractivity contribution is 7.00. The standard InChI is InChI=1S/C58H38BN3O/c1-4-19-39(20-5-1)45-36-35-40-21-10-11-26-44(40)57(45)62(52-33-18-28-47-46-27-12-17-34-55(46)63-58(47)52)43-37-53-56-54(38-43)61(42-24-8-3-9-25-42)51-32-16-14-30-49(51)59(56)48-29-13-15-31-50(48)60(53)41-22-6-2-7-23-41/h1-38H. The van der Waals surface area contributed by atoms with Crippen LogP contribution in [0.15, 0.2) is 235 Å². The number of hydrogen-bond donors (Lipinski definition) is 0. The average molecular weight is 804 g/mol. The Labute approximate surface area is 366 Å². The Morgan fingerprint density at radius 1 is 0.413 bits per heavy atom. The van der Waals surface area contributed by atoms with E-state index < -0.39 is 0 Å². The fourth-order valence-electron chi connectivity index (χ4n) is 10.4.